The third kappa shape index (κ3) is 3.44. The summed E-state index contributed by atoms with van der Waals surface area (Å²) >= 11 is 0. The lowest BCUT2D eigenvalue weighted by Crippen LogP contribution is -2.11. The zero-order valence-corrected chi connectivity index (χ0v) is 10.3. The van der Waals surface area contributed by atoms with Crippen LogP contribution in [0, 0.1) is 18.8 Å². The summed E-state index contributed by atoms with van der Waals surface area (Å²) in [7, 11) is 0. The van der Waals surface area contributed by atoms with Gasteiger partial charge in [0.1, 0.15) is 18.6 Å². The molecular weight excluding hydrogens is 244 g/mol. The van der Waals surface area contributed by atoms with E-state index in [9.17, 15) is 4.79 Å². The summed E-state index contributed by atoms with van der Waals surface area (Å²) in [5.41, 5.74) is 2.59. The fraction of sp³-hybridized carbons (Fsp3) is 0.143. The number of hydrogen-bond acceptors (Lipinski definition) is 4. The van der Waals surface area contributed by atoms with Crippen molar-refractivity contribution >= 4 is 11.6 Å². The number of benzene rings is 1. The first-order valence-corrected chi connectivity index (χ1v) is 5.61. The summed E-state index contributed by atoms with van der Waals surface area (Å²) in [5.74, 6) is 5.07. The summed E-state index contributed by atoms with van der Waals surface area (Å²) in [4.78, 5) is 12.0. The van der Waals surface area contributed by atoms with Crippen molar-refractivity contribution in [2.75, 3.05) is 11.9 Å². The van der Waals surface area contributed by atoms with Crippen molar-refractivity contribution in [1.29, 1.82) is 0 Å². The smallest absolute Gasteiger partial charge is 0.255 e. The molecule has 0 bridgehead atoms. The molecule has 96 valence electrons. The van der Waals surface area contributed by atoms with Gasteiger partial charge in [-0.15, -0.1) is 0 Å². The molecule has 0 saturated heterocycles. The fourth-order valence-corrected chi connectivity index (χ4v) is 1.60. The van der Waals surface area contributed by atoms with Gasteiger partial charge < -0.3 is 14.9 Å². The lowest BCUT2D eigenvalue weighted by atomic mass is 10.1. The van der Waals surface area contributed by atoms with Gasteiger partial charge in [-0.1, -0.05) is 17.0 Å². The van der Waals surface area contributed by atoms with E-state index in [2.05, 4.69) is 26.8 Å². The molecule has 0 saturated carbocycles. The van der Waals surface area contributed by atoms with Crippen molar-refractivity contribution in [3.05, 3.63) is 47.3 Å². The first kappa shape index (κ1) is 12.9. The molecule has 5 nitrogen and oxygen atoms in total. The normalized spacial score (nSPS) is 9.58. The Morgan fingerprint density at radius 2 is 2.32 bits per heavy atom. The van der Waals surface area contributed by atoms with E-state index in [-0.39, 0.29) is 12.5 Å². The number of carbonyl (C=O) groups is 1. The molecule has 5 heteroatoms. The number of aliphatic hydroxyl groups excluding tert-OH is 1. The van der Waals surface area contributed by atoms with Crippen molar-refractivity contribution in [2.45, 2.75) is 6.92 Å². The van der Waals surface area contributed by atoms with Gasteiger partial charge in [-0.3, -0.25) is 4.79 Å². The Morgan fingerprint density at radius 3 is 3.00 bits per heavy atom. The lowest BCUT2D eigenvalue weighted by Gasteiger charge is -2.04. The topological polar surface area (TPSA) is 75.4 Å². The molecule has 2 N–H and O–H groups in total. The fourth-order valence-electron chi connectivity index (χ4n) is 1.60. The maximum absolute atomic E-state index is 12.0. The van der Waals surface area contributed by atoms with E-state index in [0.29, 0.717) is 16.8 Å². The molecule has 1 aromatic carbocycles. The lowest BCUT2D eigenvalue weighted by molar-refractivity contribution is 0.102. The molecule has 0 radical (unpaired) electrons. The highest BCUT2D eigenvalue weighted by Crippen LogP contribution is 2.12. The quantitative estimate of drug-likeness (QED) is 0.800. The number of anilines is 1. The van der Waals surface area contributed by atoms with Crippen LogP contribution in [0.3, 0.4) is 0 Å². The minimum atomic E-state index is -0.265. The van der Waals surface area contributed by atoms with E-state index < -0.39 is 0 Å². The first-order chi connectivity index (χ1) is 9.19. The molecule has 1 heterocycles. The molecule has 0 aliphatic carbocycles. The number of carbonyl (C=O) groups excluding carboxylic acids is 1. The van der Waals surface area contributed by atoms with Crippen LogP contribution in [0.15, 0.2) is 35.2 Å². The van der Waals surface area contributed by atoms with E-state index in [1.54, 1.807) is 12.1 Å². The van der Waals surface area contributed by atoms with Crippen LogP contribution >= 0.6 is 0 Å². The Labute approximate surface area is 110 Å². The Kier molecular flexibility index (Phi) is 3.96. The summed E-state index contributed by atoms with van der Waals surface area (Å²) in [6.45, 7) is 1.66. The number of aryl methyl sites for hydroxylation is 1. The molecule has 0 aliphatic rings. The summed E-state index contributed by atoms with van der Waals surface area (Å²) in [6, 6.07) is 5.27. The third-order valence-corrected chi connectivity index (χ3v) is 2.34. The van der Waals surface area contributed by atoms with Gasteiger partial charge in [0.25, 0.3) is 5.91 Å². The van der Waals surface area contributed by atoms with Gasteiger partial charge in [0.15, 0.2) is 0 Å². The standard InChI is InChI=1S/C14H12N2O3/c1-10-5-11(3-2-4-17)7-12(6-10)14(18)16-13-8-15-19-9-13/h5-9,17H,4H2,1H3,(H,16,18). The van der Waals surface area contributed by atoms with Crippen LogP contribution in [-0.2, 0) is 0 Å². The van der Waals surface area contributed by atoms with Gasteiger partial charge in [0.2, 0.25) is 0 Å². The zero-order chi connectivity index (χ0) is 13.7. The summed E-state index contributed by atoms with van der Waals surface area (Å²) in [5, 5.41) is 14.8. The van der Waals surface area contributed by atoms with Gasteiger partial charge in [0, 0.05) is 11.1 Å². The molecular formula is C14H12N2O3. The SMILES string of the molecule is Cc1cc(C#CCO)cc(C(=O)Nc2cnoc2)c1. The van der Waals surface area contributed by atoms with Gasteiger partial charge in [-0.2, -0.15) is 0 Å². The minimum Gasteiger partial charge on any atom is -0.384 e. The van der Waals surface area contributed by atoms with Crippen LogP contribution in [-0.4, -0.2) is 22.8 Å². The molecule has 19 heavy (non-hydrogen) atoms. The maximum atomic E-state index is 12.0. The van der Waals surface area contributed by atoms with Gasteiger partial charge in [-0.05, 0) is 30.7 Å². The van der Waals surface area contributed by atoms with Crippen molar-refractivity contribution in [2.24, 2.45) is 0 Å². The van der Waals surface area contributed by atoms with E-state index in [1.165, 1.54) is 12.5 Å². The Hall–Kier alpha value is -2.58. The predicted octanol–water partition coefficient (Wildman–Crippen LogP) is 1.58. The first-order valence-electron chi connectivity index (χ1n) is 5.61. The van der Waals surface area contributed by atoms with Crippen LogP contribution in [0.4, 0.5) is 5.69 Å². The summed E-state index contributed by atoms with van der Waals surface area (Å²) < 4.78 is 4.64. The number of aromatic nitrogens is 1. The number of nitrogens with one attached hydrogen (secondary N) is 1. The summed E-state index contributed by atoms with van der Waals surface area (Å²) in [6.07, 6.45) is 2.76. The molecule has 1 amide bonds. The molecule has 0 fully saturated rings. The van der Waals surface area contributed by atoms with Crippen molar-refractivity contribution in [1.82, 2.24) is 5.16 Å². The number of amides is 1. The van der Waals surface area contributed by atoms with Crippen LogP contribution in [0.25, 0.3) is 0 Å². The average molecular weight is 256 g/mol. The van der Waals surface area contributed by atoms with Gasteiger partial charge in [0.05, 0.1) is 6.20 Å². The average Bonchev–Trinajstić information content (AvgIpc) is 2.88. The number of aliphatic hydroxyl groups is 1. The molecule has 2 aromatic rings. The van der Waals surface area contributed by atoms with E-state index in [0.717, 1.165) is 5.56 Å². The molecule has 1 aromatic heterocycles. The van der Waals surface area contributed by atoms with Gasteiger partial charge in [-0.25, -0.2) is 0 Å². The number of nitrogens with zero attached hydrogens (tertiary/aromatic N) is 1. The molecule has 0 spiro atoms. The highest BCUT2D eigenvalue weighted by atomic mass is 16.5. The predicted molar refractivity (Wildman–Crippen MR) is 69.6 cm³/mol. The minimum absolute atomic E-state index is 0.212. The second-order valence-corrected chi connectivity index (χ2v) is 3.91. The maximum Gasteiger partial charge on any atom is 0.255 e. The molecule has 0 unspecified atom stereocenters. The molecule has 0 atom stereocenters. The second kappa shape index (κ2) is 5.85. The Bertz CT molecular complexity index is 636. The highest BCUT2D eigenvalue weighted by Gasteiger charge is 2.08. The van der Waals surface area contributed by atoms with E-state index >= 15 is 0 Å². The second-order valence-electron chi connectivity index (χ2n) is 3.91. The number of rotatable bonds is 2. The van der Waals surface area contributed by atoms with Crippen LogP contribution in [0.2, 0.25) is 0 Å². The third-order valence-electron chi connectivity index (χ3n) is 2.34. The van der Waals surface area contributed by atoms with Crippen LogP contribution in [0.5, 0.6) is 0 Å². The van der Waals surface area contributed by atoms with Crippen LogP contribution in [0.1, 0.15) is 21.5 Å². The highest BCUT2D eigenvalue weighted by molar-refractivity contribution is 6.04. The Morgan fingerprint density at radius 1 is 1.47 bits per heavy atom. The van der Waals surface area contributed by atoms with Crippen molar-refractivity contribution in [3.8, 4) is 11.8 Å². The largest absolute Gasteiger partial charge is 0.384 e. The van der Waals surface area contributed by atoms with Gasteiger partial charge >= 0.3 is 0 Å². The van der Waals surface area contributed by atoms with Crippen LogP contribution < -0.4 is 5.32 Å². The van der Waals surface area contributed by atoms with Crippen molar-refractivity contribution < 1.29 is 14.4 Å². The number of hydrogen-bond donors (Lipinski definition) is 2. The van der Waals surface area contributed by atoms with E-state index in [4.69, 9.17) is 5.11 Å². The monoisotopic (exact) mass is 256 g/mol. The molecule has 2 rings (SSSR count). The molecule has 0 aliphatic heterocycles. The van der Waals surface area contributed by atoms with E-state index in [1.807, 2.05) is 13.0 Å². The Balaban J connectivity index is 2.24. The van der Waals surface area contributed by atoms with Crippen molar-refractivity contribution in [3.63, 3.8) is 0 Å². The zero-order valence-electron chi connectivity index (χ0n) is 10.3.